The van der Waals surface area contributed by atoms with Crippen LogP contribution in [0.2, 0.25) is 0 Å². The predicted octanol–water partition coefficient (Wildman–Crippen LogP) is -0.701. The highest BCUT2D eigenvalue weighted by molar-refractivity contribution is 5.83. The lowest BCUT2D eigenvalue weighted by Crippen LogP contribution is -2.29. The van der Waals surface area contributed by atoms with Gasteiger partial charge in [0.05, 0.1) is 13.5 Å². The molecule has 4 heteroatoms. The monoisotopic (exact) mass is 155 g/mol. The van der Waals surface area contributed by atoms with Crippen molar-refractivity contribution in [3.8, 4) is 12.3 Å². The highest BCUT2D eigenvalue weighted by Crippen LogP contribution is 1.75. The van der Waals surface area contributed by atoms with Gasteiger partial charge < -0.3 is 10.1 Å². The Morgan fingerprint density at radius 1 is 1.64 bits per heavy atom. The van der Waals surface area contributed by atoms with Crippen molar-refractivity contribution in [1.29, 1.82) is 0 Å². The van der Waals surface area contributed by atoms with Crippen LogP contribution in [0, 0.1) is 12.3 Å². The minimum Gasteiger partial charge on any atom is -0.468 e. The Balaban J connectivity index is 3.47. The molecule has 1 amide bonds. The van der Waals surface area contributed by atoms with Gasteiger partial charge in [-0.05, 0) is 0 Å². The molecule has 0 aromatic heterocycles. The molecule has 0 heterocycles. The second-order valence-electron chi connectivity index (χ2n) is 1.73. The zero-order chi connectivity index (χ0) is 8.69. The lowest BCUT2D eigenvalue weighted by Gasteiger charge is -1.99. The number of methoxy groups -OCH3 is 1. The molecule has 0 rings (SSSR count). The first-order valence-electron chi connectivity index (χ1n) is 2.97. The summed E-state index contributed by atoms with van der Waals surface area (Å²) < 4.78 is 4.27. The Kier molecular flexibility index (Phi) is 4.58. The number of ether oxygens (including phenoxy) is 1. The summed E-state index contributed by atoms with van der Waals surface area (Å²) in [5.41, 5.74) is 0. The molecule has 1 N–H and O–H groups in total. The van der Waals surface area contributed by atoms with Crippen molar-refractivity contribution in [1.82, 2.24) is 5.32 Å². The van der Waals surface area contributed by atoms with Crippen LogP contribution in [0.5, 0.6) is 0 Å². The number of terminal acetylenes is 1. The Bertz CT molecular complexity index is 192. The van der Waals surface area contributed by atoms with E-state index in [0.29, 0.717) is 0 Å². The SMILES string of the molecule is C#CCC(=O)NCC(=O)OC. The maximum absolute atomic E-state index is 10.6. The number of carbonyl (C=O) groups is 2. The number of rotatable bonds is 3. The van der Waals surface area contributed by atoms with E-state index in [2.05, 4.69) is 16.0 Å². The molecule has 0 aliphatic carbocycles. The molecule has 0 saturated carbocycles. The summed E-state index contributed by atoms with van der Waals surface area (Å²) in [5.74, 6) is 1.31. The predicted molar refractivity (Wildman–Crippen MR) is 38.5 cm³/mol. The van der Waals surface area contributed by atoms with Crippen molar-refractivity contribution < 1.29 is 14.3 Å². The number of hydrogen-bond donors (Lipinski definition) is 1. The largest absolute Gasteiger partial charge is 0.468 e. The lowest BCUT2D eigenvalue weighted by atomic mass is 10.4. The van der Waals surface area contributed by atoms with Crippen molar-refractivity contribution in [2.45, 2.75) is 6.42 Å². The summed E-state index contributed by atoms with van der Waals surface area (Å²) in [5, 5.41) is 2.28. The van der Waals surface area contributed by atoms with E-state index in [-0.39, 0.29) is 18.9 Å². The van der Waals surface area contributed by atoms with E-state index in [9.17, 15) is 9.59 Å². The molecule has 4 nitrogen and oxygen atoms in total. The summed E-state index contributed by atoms with van der Waals surface area (Å²) >= 11 is 0. The molecule has 60 valence electrons. The first-order chi connectivity index (χ1) is 5.20. The third kappa shape index (κ3) is 4.97. The maximum atomic E-state index is 10.6. The van der Waals surface area contributed by atoms with Crippen molar-refractivity contribution in [2.24, 2.45) is 0 Å². The third-order valence-electron chi connectivity index (χ3n) is 0.920. The van der Waals surface area contributed by atoms with Gasteiger partial charge in [0.15, 0.2) is 0 Å². The molecule has 0 unspecified atom stereocenters. The summed E-state index contributed by atoms with van der Waals surface area (Å²) in [6.07, 6.45) is 4.82. The van der Waals surface area contributed by atoms with E-state index >= 15 is 0 Å². The zero-order valence-corrected chi connectivity index (χ0v) is 6.22. The van der Waals surface area contributed by atoms with Crippen LogP contribution in [0.15, 0.2) is 0 Å². The Morgan fingerprint density at radius 3 is 2.73 bits per heavy atom. The lowest BCUT2D eigenvalue weighted by molar-refractivity contribution is -0.141. The number of amides is 1. The molecule has 0 bridgehead atoms. The van der Waals surface area contributed by atoms with Crippen LogP contribution in [-0.2, 0) is 14.3 Å². The normalized spacial score (nSPS) is 8.00. The molecule has 0 aromatic carbocycles. The van der Waals surface area contributed by atoms with Gasteiger partial charge >= 0.3 is 5.97 Å². The molecule has 0 aliphatic rings. The fourth-order valence-electron chi connectivity index (χ4n) is 0.398. The minimum absolute atomic E-state index is 0.0169. The van der Waals surface area contributed by atoms with Gasteiger partial charge in [0.1, 0.15) is 6.54 Å². The highest BCUT2D eigenvalue weighted by atomic mass is 16.5. The molecule has 0 radical (unpaired) electrons. The van der Waals surface area contributed by atoms with Gasteiger partial charge in [0.25, 0.3) is 0 Å². The Labute approximate surface area is 64.9 Å². The molecule has 0 fully saturated rings. The van der Waals surface area contributed by atoms with Crippen molar-refractivity contribution in [2.75, 3.05) is 13.7 Å². The van der Waals surface area contributed by atoms with E-state index in [1.165, 1.54) is 7.11 Å². The third-order valence-corrected chi connectivity index (χ3v) is 0.920. The number of hydrogen-bond acceptors (Lipinski definition) is 3. The summed E-state index contributed by atoms with van der Waals surface area (Å²) in [6.45, 7) is -0.128. The fraction of sp³-hybridized carbons (Fsp3) is 0.429. The van der Waals surface area contributed by atoms with Crippen LogP contribution in [-0.4, -0.2) is 25.5 Å². The number of esters is 1. The van der Waals surface area contributed by atoms with E-state index in [1.807, 2.05) is 0 Å². The molecule has 0 aliphatic heterocycles. The summed E-state index contributed by atoms with van der Waals surface area (Å²) in [4.78, 5) is 21.0. The van der Waals surface area contributed by atoms with Crippen molar-refractivity contribution >= 4 is 11.9 Å². The molecular formula is C7H9NO3. The smallest absolute Gasteiger partial charge is 0.325 e. The Hall–Kier alpha value is -1.50. The van der Waals surface area contributed by atoms with Crippen LogP contribution < -0.4 is 5.32 Å². The second-order valence-corrected chi connectivity index (χ2v) is 1.73. The fourth-order valence-corrected chi connectivity index (χ4v) is 0.398. The van der Waals surface area contributed by atoms with Crippen LogP contribution in [0.25, 0.3) is 0 Å². The van der Waals surface area contributed by atoms with Crippen LogP contribution in [0.4, 0.5) is 0 Å². The first-order valence-corrected chi connectivity index (χ1v) is 2.97. The second kappa shape index (κ2) is 5.30. The average molecular weight is 155 g/mol. The van der Waals surface area contributed by atoms with E-state index < -0.39 is 5.97 Å². The minimum atomic E-state index is -0.490. The van der Waals surface area contributed by atoms with Crippen molar-refractivity contribution in [3.63, 3.8) is 0 Å². The van der Waals surface area contributed by atoms with Gasteiger partial charge in [-0.25, -0.2) is 0 Å². The van der Waals surface area contributed by atoms with Crippen molar-refractivity contribution in [3.05, 3.63) is 0 Å². The summed E-state index contributed by atoms with van der Waals surface area (Å²) in [6, 6.07) is 0. The van der Waals surface area contributed by atoms with Crippen LogP contribution in [0.1, 0.15) is 6.42 Å². The average Bonchev–Trinajstić information content (AvgIpc) is 2.01. The van der Waals surface area contributed by atoms with Gasteiger partial charge in [0, 0.05) is 0 Å². The molecule has 0 atom stereocenters. The number of nitrogens with one attached hydrogen (secondary N) is 1. The van der Waals surface area contributed by atoms with E-state index in [1.54, 1.807) is 0 Å². The van der Waals surface area contributed by atoms with Gasteiger partial charge in [-0.3, -0.25) is 9.59 Å². The van der Waals surface area contributed by atoms with E-state index in [4.69, 9.17) is 6.42 Å². The van der Waals surface area contributed by atoms with Gasteiger partial charge in [0.2, 0.25) is 5.91 Å². The van der Waals surface area contributed by atoms with Gasteiger partial charge in [-0.15, -0.1) is 6.42 Å². The van der Waals surface area contributed by atoms with Gasteiger partial charge in [-0.1, -0.05) is 5.92 Å². The molecular weight excluding hydrogens is 146 g/mol. The first kappa shape index (κ1) is 9.50. The molecule has 0 spiro atoms. The molecule has 11 heavy (non-hydrogen) atoms. The Morgan fingerprint density at radius 2 is 2.27 bits per heavy atom. The van der Waals surface area contributed by atoms with E-state index in [0.717, 1.165) is 0 Å². The maximum Gasteiger partial charge on any atom is 0.325 e. The summed E-state index contributed by atoms with van der Waals surface area (Å²) in [7, 11) is 1.25. The molecule has 0 aromatic rings. The van der Waals surface area contributed by atoms with Gasteiger partial charge in [-0.2, -0.15) is 0 Å². The molecule has 0 saturated heterocycles. The number of carbonyl (C=O) groups excluding carboxylic acids is 2. The quantitative estimate of drug-likeness (QED) is 0.433. The van der Waals surface area contributed by atoms with Crippen LogP contribution in [0.3, 0.4) is 0 Å². The highest BCUT2D eigenvalue weighted by Gasteiger charge is 2.02. The standard InChI is InChI=1S/C7H9NO3/c1-3-4-6(9)8-5-7(10)11-2/h1H,4-5H2,2H3,(H,8,9). The zero-order valence-electron chi connectivity index (χ0n) is 6.22. The topological polar surface area (TPSA) is 55.4 Å². The van der Waals surface area contributed by atoms with Crippen LogP contribution >= 0.6 is 0 Å².